The smallest absolute Gasteiger partial charge is 0.0705 e. The number of hydrogen-bond donors (Lipinski definition) is 4. The van der Waals surface area contributed by atoms with Crippen molar-refractivity contribution in [3.8, 4) is 0 Å². The van der Waals surface area contributed by atoms with Gasteiger partial charge in [0.25, 0.3) is 0 Å². The molecule has 5 heteroatoms. The van der Waals surface area contributed by atoms with Gasteiger partial charge in [0.05, 0.1) is 30.6 Å². The van der Waals surface area contributed by atoms with Crippen molar-refractivity contribution in [1.29, 1.82) is 0 Å². The summed E-state index contributed by atoms with van der Waals surface area (Å²) in [4.78, 5) is 4.33. The molecule has 0 aliphatic carbocycles. The van der Waals surface area contributed by atoms with Crippen molar-refractivity contribution in [3.63, 3.8) is 0 Å². The third-order valence-electron chi connectivity index (χ3n) is 2.56. The minimum absolute atomic E-state index is 0.0934. The Kier molecular flexibility index (Phi) is 4.33. The molecule has 4 N–H and O–H groups in total. The second-order valence-corrected chi connectivity index (χ2v) is 3.93. The van der Waals surface area contributed by atoms with Gasteiger partial charge in [0, 0.05) is 24.2 Å². The first kappa shape index (κ1) is 12.6. The van der Waals surface area contributed by atoms with Gasteiger partial charge in [-0.15, -0.1) is 0 Å². The average Bonchev–Trinajstić information content (AvgIpc) is 2.42. The van der Waals surface area contributed by atoms with Crippen LogP contribution in [0.15, 0.2) is 30.5 Å². The van der Waals surface area contributed by atoms with Crippen LogP contribution in [-0.2, 0) is 0 Å². The van der Waals surface area contributed by atoms with Crippen LogP contribution in [-0.4, -0.2) is 41.5 Å². The topological polar surface area (TPSA) is 77.4 Å². The molecule has 1 aromatic heterocycles. The molecule has 2 rings (SSSR count). The quantitative estimate of drug-likeness (QED) is 0.613. The summed E-state index contributed by atoms with van der Waals surface area (Å²) >= 11 is 0. The highest BCUT2D eigenvalue weighted by Gasteiger charge is 1.99. The zero-order valence-electron chi connectivity index (χ0n) is 10.1. The van der Waals surface area contributed by atoms with Gasteiger partial charge in [-0.05, 0) is 24.3 Å². The molecule has 2 aromatic rings. The summed E-state index contributed by atoms with van der Waals surface area (Å²) in [6, 6.07) is 7.85. The number of aromatic nitrogens is 1. The monoisotopic (exact) mass is 247 g/mol. The van der Waals surface area contributed by atoms with E-state index in [9.17, 15) is 0 Å². The molecular weight excluding hydrogens is 230 g/mol. The highest BCUT2D eigenvalue weighted by Crippen LogP contribution is 2.20. The minimum atomic E-state index is 0.0934. The van der Waals surface area contributed by atoms with Crippen LogP contribution in [0.25, 0.3) is 10.9 Å². The first-order chi connectivity index (χ1) is 8.83. The standard InChI is InChI=1S/C13H17N3O2/c17-5-3-14-11-1-2-13-10(7-11)8-12(9-16-13)15-4-6-18/h1-2,7-9,14-15,17-18H,3-6H2. The average molecular weight is 247 g/mol. The Bertz CT molecular complexity index is 474. The number of rotatable bonds is 6. The zero-order valence-corrected chi connectivity index (χ0v) is 10.1. The number of aliphatic hydroxyl groups excluding tert-OH is 2. The lowest BCUT2D eigenvalue weighted by molar-refractivity contribution is 0.311. The SMILES string of the molecule is OCCNc1ccc2ncc(NCCO)cc2c1. The molecule has 18 heavy (non-hydrogen) atoms. The van der Waals surface area contributed by atoms with E-state index in [0.717, 1.165) is 22.3 Å². The summed E-state index contributed by atoms with van der Waals surface area (Å²) < 4.78 is 0. The van der Waals surface area contributed by atoms with E-state index in [0.29, 0.717) is 13.1 Å². The molecule has 5 nitrogen and oxygen atoms in total. The maximum Gasteiger partial charge on any atom is 0.0705 e. The molecule has 0 atom stereocenters. The number of fused-ring (bicyclic) bond motifs is 1. The van der Waals surface area contributed by atoms with E-state index in [-0.39, 0.29) is 13.2 Å². The van der Waals surface area contributed by atoms with Gasteiger partial charge in [0.15, 0.2) is 0 Å². The second-order valence-electron chi connectivity index (χ2n) is 3.93. The van der Waals surface area contributed by atoms with Crippen LogP contribution < -0.4 is 10.6 Å². The molecule has 96 valence electrons. The Morgan fingerprint density at radius 1 is 0.944 bits per heavy atom. The van der Waals surface area contributed by atoms with Crippen LogP contribution in [0.2, 0.25) is 0 Å². The summed E-state index contributed by atoms with van der Waals surface area (Å²) in [7, 11) is 0. The third kappa shape index (κ3) is 3.09. The summed E-state index contributed by atoms with van der Waals surface area (Å²) in [5.74, 6) is 0. The van der Waals surface area contributed by atoms with Crippen molar-refractivity contribution in [2.24, 2.45) is 0 Å². The van der Waals surface area contributed by atoms with E-state index in [1.807, 2.05) is 24.3 Å². The predicted molar refractivity (Wildman–Crippen MR) is 72.9 cm³/mol. The molecule has 0 bridgehead atoms. The Morgan fingerprint density at radius 2 is 1.61 bits per heavy atom. The molecule has 0 radical (unpaired) electrons. The van der Waals surface area contributed by atoms with Crippen molar-refractivity contribution < 1.29 is 10.2 Å². The fourth-order valence-electron chi connectivity index (χ4n) is 1.74. The van der Waals surface area contributed by atoms with Crippen LogP contribution in [0.3, 0.4) is 0 Å². The van der Waals surface area contributed by atoms with Gasteiger partial charge in [-0.2, -0.15) is 0 Å². The molecule has 1 aromatic carbocycles. The number of nitrogens with zero attached hydrogens (tertiary/aromatic N) is 1. The molecular formula is C13H17N3O2. The highest BCUT2D eigenvalue weighted by atomic mass is 16.3. The lowest BCUT2D eigenvalue weighted by Crippen LogP contribution is -2.06. The second kappa shape index (κ2) is 6.18. The molecule has 0 spiro atoms. The molecule has 0 unspecified atom stereocenters. The highest BCUT2D eigenvalue weighted by molar-refractivity contribution is 5.84. The van der Waals surface area contributed by atoms with Crippen molar-refractivity contribution in [3.05, 3.63) is 30.5 Å². The van der Waals surface area contributed by atoms with Gasteiger partial charge in [0.1, 0.15) is 0 Å². The number of hydrogen-bond acceptors (Lipinski definition) is 5. The van der Waals surface area contributed by atoms with E-state index >= 15 is 0 Å². The van der Waals surface area contributed by atoms with Crippen LogP contribution in [0.5, 0.6) is 0 Å². The van der Waals surface area contributed by atoms with Gasteiger partial charge < -0.3 is 20.8 Å². The van der Waals surface area contributed by atoms with Gasteiger partial charge >= 0.3 is 0 Å². The molecule has 0 fully saturated rings. The van der Waals surface area contributed by atoms with E-state index in [1.54, 1.807) is 6.20 Å². The summed E-state index contributed by atoms with van der Waals surface area (Å²) in [5, 5.41) is 24.7. The predicted octanol–water partition coefficient (Wildman–Crippen LogP) is 1.04. The zero-order chi connectivity index (χ0) is 12.8. The first-order valence-electron chi connectivity index (χ1n) is 5.93. The van der Waals surface area contributed by atoms with Gasteiger partial charge in [-0.3, -0.25) is 4.98 Å². The summed E-state index contributed by atoms with van der Waals surface area (Å²) in [6.45, 7) is 1.24. The molecule has 0 saturated carbocycles. The summed E-state index contributed by atoms with van der Waals surface area (Å²) in [6.07, 6.45) is 1.75. The maximum absolute atomic E-state index is 8.77. The number of pyridine rings is 1. The van der Waals surface area contributed by atoms with Crippen LogP contribution in [0.4, 0.5) is 11.4 Å². The number of aliphatic hydroxyl groups is 2. The Labute approximate surface area is 105 Å². The van der Waals surface area contributed by atoms with E-state index in [1.165, 1.54) is 0 Å². The third-order valence-corrected chi connectivity index (χ3v) is 2.56. The number of nitrogens with one attached hydrogen (secondary N) is 2. The maximum atomic E-state index is 8.77. The number of anilines is 2. The minimum Gasteiger partial charge on any atom is -0.395 e. The van der Waals surface area contributed by atoms with Gasteiger partial charge in [0.2, 0.25) is 0 Å². The molecule has 0 aliphatic rings. The van der Waals surface area contributed by atoms with E-state index < -0.39 is 0 Å². The normalized spacial score (nSPS) is 10.6. The Hall–Kier alpha value is -1.85. The molecule has 0 amide bonds. The van der Waals surface area contributed by atoms with Crippen molar-refractivity contribution in [2.75, 3.05) is 36.9 Å². The van der Waals surface area contributed by atoms with Crippen molar-refractivity contribution >= 4 is 22.3 Å². The van der Waals surface area contributed by atoms with Crippen LogP contribution in [0.1, 0.15) is 0 Å². The van der Waals surface area contributed by atoms with E-state index in [2.05, 4.69) is 15.6 Å². The molecule has 1 heterocycles. The van der Waals surface area contributed by atoms with Crippen LogP contribution >= 0.6 is 0 Å². The Balaban J connectivity index is 2.22. The van der Waals surface area contributed by atoms with Gasteiger partial charge in [-0.25, -0.2) is 0 Å². The number of benzene rings is 1. The summed E-state index contributed by atoms with van der Waals surface area (Å²) in [5.41, 5.74) is 2.76. The van der Waals surface area contributed by atoms with Crippen molar-refractivity contribution in [1.82, 2.24) is 4.98 Å². The largest absolute Gasteiger partial charge is 0.395 e. The molecule has 0 aliphatic heterocycles. The fraction of sp³-hybridized carbons (Fsp3) is 0.308. The first-order valence-corrected chi connectivity index (χ1v) is 5.93. The van der Waals surface area contributed by atoms with Crippen LogP contribution in [0, 0.1) is 0 Å². The lowest BCUT2D eigenvalue weighted by Gasteiger charge is -2.08. The van der Waals surface area contributed by atoms with Crippen molar-refractivity contribution in [2.45, 2.75) is 0 Å². The Morgan fingerprint density at radius 3 is 2.33 bits per heavy atom. The van der Waals surface area contributed by atoms with Gasteiger partial charge in [-0.1, -0.05) is 0 Å². The fourth-order valence-corrected chi connectivity index (χ4v) is 1.74. The molecule has 0 saturated heterocycles. The lowest BCUT2D eigenvalue weighted by atomic mass is 10.2. The van der Waals surface area contributed by atoms with E-state index in [4.69, 9.17) is 10.2 Å².